The lowest BCUT2D eigenvalue weighted by molar-refractivity contribution is 0.297. The van der Waals surface area contributed by atoms with Crippen LogP contribution in [0.2, 0.25) is 0 Å². The summed E-state index contributed by atoms with van der Waals surface area (Å²) in [5.41, 5.74) is 9.81. The van der Waals surface area contributed by atoms with Gasteiger partial charge in [0.15, 0.2) is 17.5 Å². The van der Waals surface area contributed by atoms with Crippen molar-refractivity contribution in [3.05, 3.63) is 60.0 Å². The number of aryl methyl sites for hydroxylation is 1. The first-order chi connectivity index (χ1) is 14.2. The van der Waals surface area contributed by atoms with Gasteiger partial charge in [0.1, 0.15) is 6.26 Å². The molecule has 0 spiro atoms. The molecule has 7 nitrogen and oxygen atoms in total. The Bertz CT molecular complexity index is 996. The summed E-state index contributed by atoms with van der Waals surface area (Å²) in [5.74, 6) is 2.41. The number of benzene rings is 2. The van der Waals surface area contributed by atoms with Gasteiger partial charge in [-0.2, -0.15) is 0 Å². The lowest BCUT2D eigenvalue weighted by Gasteiger charge is -2.10. The molecule has 0 atom stereocenters. The van der Waals surface area contributed by atoms with Gasteiger partial charge < -0.3 is 24.9 Å². The average molecular weight is 392 g/mol. The topological polar surface area (TPSA) is 94.9 Å². The molecule has 3 N–H and O–H groups in total. The fourth-order valence-electron chi connectivity index (χ4n) is 2.97. The third-order valence-corrected chi connectivity index (χ3v) is 4.52. The number of guanidine groups is 1. The van der Waals surface area contributed by atoms with Crippen LogP contribution in [-0.2, 0) is 6.42 Å². The Morgan fingerprint density at radius 3 is 2.72 bits per heavy atom. The number of oxazole rings is 1. The molecule has 0 unspecified atom stereocenters. The van der Waals surface area contributed by atoms with Crippen molar-refractivity contribution in [3.8, 4) is 23.0 Å². The van der Waals surface area contributed by atoms with Gasteiger partial charge in [-0.3, -0.25) is 4.99 Å². The van der Waals surface area contributed by atoms with Crippen LogP contribution in [-0.4, -0.2) is 30.7 Å². The number of aromatic nitrogens is 1. The van der Waals surface area contributed by atoms with Crippen molar-refractivity contribution in [2.45, 2.75) is 19.8 Å². The second kappa shape index (κ2) is 8.68. The van der Waals surface area contributed by atoms with Crippen LogP contribution in [0, 0.1) is 6.92 Å². The predicted molar refractivity (Wildman–Crippen MR) is 113 cm³/mol. The molecule has 2 aromatic carbocycles. The number of aliphatic imine (C=N–C) groups is 1. The zero-order valence-corrected chi connectivity index (χ0v) is 16.4. The average Bonchev–Trinajstić information content (AvgIpc) is 3.06. The third-order valence-electron chi connectivity index (χ3n) is 4.52. The summed E-state index contributed by atoms with van der Waals surface area (Å²) in [6.07, 6.45) is 3.17. The third kappa shape index (κ3) is 4.87. The molecule has 1 aliphatic heterocycles. The molecule has 0 aliphatic carbocycles. The van der Waals surface area contributed by atoms with Gasteiger partial charge >= 0.3 is 0 Å². The van der Waals surface area contributed by atoms with Gasteiger partial charge in [0.25, 0.3) is 0 Å². The molecular weight excluding hydrogens is 368 g/mol. The highest BCUT2D eigenvalue weighted by Gasteiger charge is 2.11. The summed E-state index contributed by atoms with van der Waals surface area (Å²) < 4.78 is 16.9. The van der Waals surface area contributed by atoms with Gasteiger partial charge in [0.2, 0.25) is 5.89 Å². The van der Waals surface area contributed by atoms with E-state index in [-0.39, 0.29) is 0 Å². The standard InChI is InChI=1S/C22H24N4O3/c1-15-3-5-16(6-4-15)21-25-18(14-29-21)9-10-24-22(23)26-17-7-8-19-20(13-17)28-12-2-11-27-19/h3-8,13-14H,2,9-12H2,1H3,(H3,23,24,26). The molecule has 1 aliphatic rings. The first-order valence-electron chi connectivity index (χ1n) is 9.65. The number of rotatable bonds is 5. The molecule has 0 saturated heterocycles. The molecule has 0 bridgehead atoms. The van der Waals surface area contributed by atoms with Gasteiger partial charge in [-0.25, -0.2) is 4.98 Å². The van der Waals surface area contributed by atoms with Gasteiger partial charge in [-0.05, 0) is 31.2 Å². The monoisotopic (exact) mass is 392 g/mol. The van der Waals surface area contributed by atoms with E-state index in [1.807, 2.05) is 49.4 Å². The number of fused-ring (bicyclic) bond motifs is 1. The molecule has 150 valence electrons. The van der Waals surface area contributed by atoms with Crippen molar-refractivity contribution in [1.29, 1.82) is 0 Å². The van der Waals surface area contributed by atoms with Crippen LogP contribution < -0.4 is 20.5 Å². The number of nitrogens with two attached hydrogens (primary N) is 1. The van der Waals surface area contributed by atoms with E-state index in [0.717, 1.165) is 29.1 Å². The maximum absolute atomic E-state index is 6.01. The van der Waals surface area contributed by atoms with Gasteiger partial charge in [-0.15, -0.1) is 0 Å². The van der Waals surface area contributed by atoms with E-state index in [9.17, 15) is 0 Å². The van der Waals surface area contributed by atoms with Crippen molar-refractivity contribution in [2.75, 3.05) is 25.1 Å². The van der Waals surface area contributed by atoms with Crippen molar-refractivity contribution in [3.63, 3.8) is 0 Å². The Labute approximate surface area is 169 Å². The van der Waals surface area contributed by atoms with Crippen molar-refractivity contribution in [2.24, 2.45) is 10.7 Å². The second-order valence-electron chi connectivity index (χ2n) is 6.86. The lowest BCUT2D eigenvalue weighted by Crippen LogP contribution is -2.23. The Kier molecular flexibility index (Phi) is 5.65. The number of ether oxygens (including phenoxy) is 2. The Morgan fingerprint density at radius 2 is 1.90 bits per heavy atom. The summed E-state index contributed by atoms with van der Waals surface area (Å²) in [7, 11) is 0. The quantitative estimate of drug-likeness (QED) is 0.507. The highest BCUT2D eigenvalue weighted by atomic mass is 16.5. The fraction of sp³-hybridized carbons (Fsp3) is 0.273. The maximum atomic E-state index is 6.01. The minimum absolute atomic E-state index is 0.335. The first-order valence-corrected chi connectivity index (χ1v) is 9.65. The normalized spacial score (nSPS) is 13.8. The Balaban J connectivity index is 1.33. The van der Waals surface area contributed by atoms with Crippen molar-refractivity contribution >= 4 is 11.6 Å². The lowest BCUT2D eigenvalue weighted by atomic mass is 10.1. The summed E-state index contributed by atoms with van der Waals surface area (Å²) in [6, 6.07) is 13.7. The van der Waals surface area contributed by atoms with Crippen LogP contribution in [0.25, 0.3) is 11.5 Å². The van der Waals surface area contributed by atoms with Crippen LogP contribution in [0.5, 0.6) is 11.5 Å². The molecule has 4 rings (SSSR count). The highest BCUT2D eigenvalue weighted by Crippen LogP contribution is 2.32. The summed E-state index contributed by atoms with van der Waals surface area (Å²) >= 11 is 0. The smallest absolute Gasteiger partial charge is 0.226 e. The van der Waals surface area contributed by atoms with Crippen LogP contribution in [0.15, 0.2) is 58.1 Å². The van der Waals surface area contributed by atoms with Gasteiger partial charge in [0, 0.05) is 36.7 Å². The van der Waals surface area contributed by atoms with E-state index in [1.165, 1.54) is 5.56 Å². The van der Waals surface area contributed by atoms with Crippen LogP contribution in [0.3, 0.4) is 0 Å². The number of nitrogens with zero attached hydrogens (tertiary/aromatic N) is 2. The number of anilines is 1. The zero-order valence-electron chi connectivity index (χ0n) is 16.4. The van der Waals surface area contributed by atoms with Gasteiger partial charge in [-0.1, -0.05) is 17.7 Å². The predicted octanol–water partition coefficient (Wildman–Crippen LogP) is 3.78. The molecule has 0 amide bonds. The maximum Gasteiger partial charge on any atom is 0.226 e. The molecule has 2 heterocycles. The minimum atomic E-state index is 0.335. The largest absolute Gasteiger partial charge is 0.490 e. The first kappa shape index (κ1) is 18.9. The molecule has 7 heteroatoms. The minimum Gasteiger partial charge on any atom is -0.490 e. The molecule has 1 aromatic heterocycles. The Hall–Kier alpha value is -3.48. The van der Waals surface area contributed by atoms with Crippen LogP contribution in [0.4, 0.5) is 5.69 Å². The number of hydrogen-bond donors (Lipinski definition) is 2. The Morgan fingerprint density at radius 1 is 1.10 bits per heavy atom. The zero-order chi connectivity index (χ0) is 20.1. The van der Waals surface area contributed by atoms with E-state index < -0.39 is 0 Å². The van der Waals surface area contributed by atoms with E-state index in [4.69, 9.17) is 19.6 Å². The second-order valence-corrected chi connectivity index (χ2v) is 6.86. The summed E-state index contributed by atoms with van der Waals surface area (Å²) in [4.78, 5) is 8.89. The molecule has 0 saturated carbocycles. The highest BCUT2D eigenvalue weighted by molar-refractivity contribution is 5.92. The van der Waals surface area contributed by atoms with E-state index in [1.54, 1.807) is 6.26 Å². The number of hydrogen-bond acceptors (Lipinski definition) is 5. The van der Waals surface area contributed by atoms with Crippen LogP contribution in [0.1, 0.15) is 17.7 Å². The molecule has 0 radical (unpaired) electrons. The van der Waals surface area contributed by atoms with Gasteiger partial charge in [0.05, 0.1) is 18.9 Å². The number of nitrogens with one attached hydrogen (secondary N) is 1. The molecule has 0 fully saturated rings. The van der Waals surface area contributed by atoms with E-state index in [2.05, 4.69) is 15.3 Å². The van der Waals surface area contributed by atoms with E-state index >= 15 is 0 Å². The fourth-order valence-corrected chi connectivity index (χ4v) is 2.97. The summed E-state index contributed by atoms with van der Waals surface area (Å²) in [5, 5.41) is 3.08. The van der Waals surface area contributed by atoms with E-state index in [0.29, 0.717) is 43.8 Å². The molecular formula is C22H24N4O3. The molecule has 3 aromatic rings. The van der Waals surface area contributed by atoms with Crippen molar-refractivity contribution < 1.29 is 13.9 Å². The molecule has 29 heavy (non-hydrogen) atoms. The van der Waals surface area contributed by atoms with Crippen LogP contribution >= 0.6 is 0 Å². The van der Waals surface area contributed by atoms with Crippen molar-refractivity contribution in [1.82, 2.24) is 4.98 Å². The summed E-state index contributed by atoms with van der Waals surface area (Å²) in [6.45, 7) is 3.86. The SMILES string of the molecule is Cc1ccc(-c2nc(CCN=C(N)Nc3ccc4c(c3)OCCCO4)co2)cc1.